The van der Waals surface area contributed by atoms with Gasteiger partial charge in [-0.2, -0.15) is 0 Å². The summed E-state index contributed by atoms with van der Waals surface area (Å²) in [5.41, 5.74) is 0. The van der Waals surface area contributed by atoms with Gasteiger partial charge in [0.05, 0.1) is 0 Å². The second-order valence-corrected chi connectivity index (χ2v) is 0.707. The summed E-state index contributed by atoms with van der Waals surface area (Å²) in [6.45, 7) is 9.14. The van der Waals surface area contributed by atoms with E-state index in [4.69, 9.17) is 0 Å². The van der Waals surface area contributed by atoms with Crippen molar-refractivity contribution in [2.75, 3.05) is 13.6 Å². The molecule has 0 rings (SSSR count). The zero-order valence-corrected chi connectivity index (χ0v) is 4.62. The molecule has 1 N–H and O–H groups in total. The lowest BCUT2D eigenvalue weighted by molar-refractivity contribution is 0.864. The van der Waals surface area contributed by atoms with Crippen molar-refractivity contribution in [3.05, 3.63) is 13.2 Å². The van der Waals surface area contributed by atoms with Gasteiger partial charge in [0.15, 0.2) is 0 Å². The van der Waals surface area contributed by atoms with Gasteiger partial charge in [-0.1, -0.05) is 6.92 Å². The number of rotatable bonds is 1. The molecular formula is C5H13N. The molecule has 0 aromatic rings. The maximum absolute atomic E-state index is 3.00. The summed E-state index contributed by atoms with van der Waals surface area (Å²) < 4.78 is 0. The molecule has 0 aromatic carbocycles. The smallest absolute Gasteiger partial charge is 0.00804 e. The van der Waals surface area contributed by atoms with E-state index >= 15 is 0 Å². The predicted molar refractivity (Wildman–Crippen MR) is 30.9 cm³/mol. The summed E-state index contributed by atoms with van der Waals surface area (Å²) in [5.74, 6) is 0. The van der Waals surface area contributed by atoms with E-state index in [9.17, 15) is 0 Å². The lowest BCUT2D eigenvalue weighted by Gasteiger charge is -1.76. The van der Waals surface area contributed by atoms with Crippen molar-refractivity contribution in [3.63, 3.8) is 0 Å². The zero-order chi connectivity index (χ0) is 5.41. The fraction of sp³-hybridized carbons (Fsp3) is 0.600. The molecule has 0 atom stereocenters. The van der Waals surface area contributed by atoms with E-state index in [1.807, 2.05) is 7.05 Å². The molecule has 6 heavy (non-hydrogen) atoms. The van der Waals surface area contributed by atoms with Crippen LogP contribution >= 0.6 is 0 Å². The van der Waals surface area contributed by atoms with Gasteiger partial charge in [-0.25, -0.2) is 0 Å². The maximum Gasteiger partial charge on any atom is -0.00804 e. The molecule has 0 saturated heterocycles. The monoisotopic (exact) mass is 87.1 g/mol. The Bertz CT molecular complexity index is 11.4. The Morgan fingerprint density at radius 1 is 1.50 bits per heavy atom. The first-order chi connectivity index (χ1) is 2.91. The van der Waals surface area contributed by atoms with Crippen molar-refractivity contribution in [1.82, 2.24) is 5.32 Å². The van der Waals surface area contributed by atoms with E-state index in [-0.39, 0.29) is 0 Å². The van der Waals surface area contributed by atoms with Crippen molar-refractivity contribution < 1.29 is 0 Å². The Balaban J connectivity index is 0. The van der Waals surface area contributed by atoms with Crippen LogP contribution < -0.4 is 5.32 Å². The van der Waals surface area contributed by atoms with E-state index in [1.165, 1.54) is 0 Å². The molecule has 0 heterocycles. The van der Waals surface area contributed by atoms with Gasteiger partial charge < -0.3 is 5.32 Å². The molecule has 0 radical (unpaired) electrons. The third-order valence-corrected chi connectivity index (χ3v) is 0.354. The van der Waals surface area contributed by atoms with Crippen molar-refractivity contribution in [2.45, 2.75) is 6.92 Å². The maximum atomic E-state index is 3.00. The van der Waals surface area contributed by atoms with Crippen LogP contribution in [0.3, 0.4) is 0 Å². The van der Waals surface area contributed by atoms with Gasteiger partial charge in [-0.15, -0.1) is 13.2 Å². The molecule has 0 aliphatic rings. The van der Waals surface area contributed by atoms with Gasteiger partial charge in [0.1, 0.15) is 0 Å². The number of hydrogen-bond donors (Lipinski definition) is 1. The molecule has 0 aliphatic carbocycles. The second-order valence-electron chi connectivity index (χ2n) is 0.707. The Morgan fingerprint density at radius 3 is 1.67 bits per heavy atom. The highest BCUT2D eigenvalue weighted by Gasteiger charge is 1.50. The third-order valence-electron chi connectivity index (χ3n) is 0.354. The van der Waals surface area contributed by atoms with E-state index in [0.29, 0.717) is 0 Å². The molecular weight excluding hydrogens is 74.1 g/mol. The number of nitrogens with one attached hydrogen (secondary N) is 1. The van der Waals surface area contributed by atoms with Gasteiger partial charge in [-0.3, -0.25) is 0 Å². The molecule has 0 aliphatic heterocycles. The molecule has 0 amide bonds. The van der Waals surface area contributed by atoms with Crippen LogP contribution in [0.15, 0.2) is 13.2 Å². The molecule has 0 spiro atoms. The molecule has 0 unspecified atom stereocenters. The Kier molecular flexibility index (Phi) is 34.1. The zero-order valence-electron chi connectivity index (χ0n) is 4.62. The van der Waals surface area contributed by atoms with Crippen molar-refractivity contribution in [1.29, 1.82) is 0 Å². The predicted octanol–water partition coefficient (Wildman–Crippen LogP) is 1.03. The Hall–Kier alpha value is -0.300. The summed E-state index contributed by atoms with van der Waals surface area (Å²) in [5, 5.41) is 2.93. The van der Waals surface area contributed by atoms with E-state index in [0.717, 1.165) is 6.54 Å². The highest BCUT2D eigenvalue weighted by molar-refractivity contribution is 4.22. The van der Waals surface area contributed by atoms with Crippen LogP contribution in [0.5, 0.6) is 0 Å². The lowest BCUT2D eigenvalue weighted by atomic mass is 10.8. The van der Waals surface area contributed by atoms with Crippen LogP contribution in [0.2, 0.25) is 0 Å². The largest absolute Gasteiger partial charge is 0.320 e. The quantitative estimate of drug-likeness (QED) is 0.471. The minimum absolute atomic E-state index is 1.07. The van der Waals surface area contributed by atoms with Gasteiger partial charge in [-0.05, 0) is 13.6 Å². The van der Waals surface area contributed by atoms with E-state index in [2.05, 4.69) is 25.4 Å². The summed E-state index contributed by atoms with van der Waals surface area (Å²) >= 11 is 0. The lowest BCUT2D eigenvalue weighted by Crippen LogP contribution is -2.01. The van der Waals surface area contributed by atoms with Crippen molar-refractivity contribution in [3.8, 4) is 0 Å². The van der Waals surface area contributed by atoms with Gasteiger partial charge in [0, 0.05) is 0 Å². The molecule has 1 nitrogen and oxygen atoms in total. The van der Waals surface area contributed by atoms with Gasteiger partial charge >= 0.3 is 0 Å². The Labute approximate surface area is 40.1 Å². The molecule has 38 valence electrons. The number of hydrogen-bond acceptors (Lipinski definition) is 1. The molecule has 0 saturated carbocycles. The van der Waals surface area contributed by atoms with Crippen molar-refractivity contribution in [2.24, 2.45) is 0 Å². The van der Waals surface area contributed by atoms with E-state index < -0.39 is 0 Å². The fourth-order valence-electron chi connectivity index (χ4n) is 0. The van der Waals surface area contributed by atoms with Gasteiger partial charge in [0.2, 0.25) is 0 Å². The topological polar surface area (TPSA) is 12.0 Å². The molecule has 0 fully saturated rings. The average molecular weight is 87.2 g/mol. The molecule has 0 bridgehead atoms. The van der Waals surface area contributed by atoms with Crippen LogP contribution in [0, 0.1) is 0 Å². The first-order valence-electron chi connectivity index (χ1n) is 2.06. The summed E-state index contributed by atoms with van der Waals surface area (Å²) in [4.78, 5) is 0. The third kappa shape index (κ3) is 55.0. The van der Waals surface area contributed by atoms with Crippen LogP contribution in [-0.4, -0.2) is 13.6 Å². The minimum atomic E-state index is 1.07. The molecule has 0 aromatic heterocycles. The van der Waals surface area contributed by atoms with E-state index in [1.54, 1.807) is 0 Å². The highest BCUT2D eigenvalue weighted by atomic mass is 14.8. The minimum Gasteiger partial charge on any atom is -0.320 e. The molecule has 1 heteroatoms. The van der Waals surface area contributed by atoms with Crippen LogP contribution in [0.1, 0.15) is 6.92 Å². The SMILES string of the molecule is C=C.CCNC. The second kappa shape index (κ2) is 22.3. The first-order valence-corrected chi connectivity index (χ1v) is 2.06. The summed E-state index contributed by atoms with van der Waals surface area (Å²) in [7, 11) is 1.93. The summed E-state index contributed by atoms with van der Waals surface area (Å²) in [6, 6.07) is 0. The first kappa shape index (κ1) is 9.20. The fourth-order valence-corrected chi connectivity index (χ4v) is 0. The average Bonchev–Trinajstić information content (AvgIpc) is 1.72. The summed E-state index contributed by atoms with van der Waals surface area (Å²) in [6.07, 6.45) is 0. The van der Waals surface area contributed by atoms with Crippen LogP contribution in [0.25, 0.3) is 0 Å². The normalized spacial score (nSPS) is 5.67. The Morgan fingerprint density at radius 2 is 1.67 bits per heavy atom. The van der Waals surface area contributed by atoms with Gasteiger partial charge in [0.25, 0.3) is 0 Å². The van der Waals surface area contributed by atoms with Crippen molar-refractivity contribution >= 4 is 0 Å². The highest BCUT2D eigenvalue weighted by Crippen LogP contribution is 1.34. The van der Waals surface area contributed by atoms with Crippen LogP contribution in [-0.2, 0) is 0 Å². The van der Waals surface area contributed by atoms with Crippen LogP contribution in [0.4, 0.5) is 0 Å². The standard InChI is InChI=1S/C3H9N.C2H4/c1-3-4-2;1-2/h4H,3H2,1-2H3;1-2H2.